The van der Waals surface area contributed by atoms with Crippen molar-refractivity contribution in [3.05, 3.63) is 48.0 Å². The number of rotatable bonds is 11. The van der Waals surface area contributed by atoms with Crippen LogP contribution < -0.4 is 10.6 Å². The van der Waals surface area contributed by atoms with Gasteiger partial charge in [0.25, 0.3) is 0 Å². The normalized spacial score (nSPS) is 11.9. The monoisotopic (exact) mass is 431 g/mol. The van der Waals surface area contributed by atoms with E-state index in [0.717, 1.165) is 24.8 Å². The molecule has 1 rings (SSSR count). The molecule has 0 aromatic heterocycles. The predicted molar refractivity (Wildman–Crippen MR) is 123 cm³/mol. The van der Waals surface area contributed by atoms with Crippen LogP contribution in [0, 0.1) is 0 Å². The molecule has 1 aromatic carbocycles. The van der Waals surface area contributed by atoms with Gasteiger partial charge in [-0.25, -0.2) is 4.79 Å². The van der Waals surface area contributed by atoms with E-state index >= 15 is 0 Å². The van der Waals surface area contributed by atoms with Crippen LogP contribution in [0.4, 0.5) is 4.79 Å². The van der Waals surface area contributed by atoms with E-state index in [9.17, 15) is 14.4 Å². The maximum atomic E-state index is 13.1. The van der Waals surface area contributed by atoms with Crippen LogP contribution in [0.15, 0.2) is 36.9 Å². The summed E-state index contributed by atoms with van der Waals surface area (Å²) in [5.74, 6) is -0.661. The Kier molecular flexibility index (Phi) is 10.8. The van der Waals surface area contributed by atoms with Gasteiger partial charge in [-0.2, -0.15) is 0 Å². The molecule has 0 saturated carbocycles. The van der Waals surface area contributed by atoms with Crippen molar-refractivity contribution in [2.45, 2.75) is 65.5 Å². The van der Waals surface area contributed by atoms with E-state index in [-0.39, 0.29) is 19.0 Å². The topological polar surface area (TPSA) is 87.7 Å². The molecule has 0 bridgehead atoms. The molecule has 0 spiro atoms. The maximum absolute atomic E-state index is 13.1. The molecular weight excluding hydrogens is 394 g/mol. The molecule has 0 aliphatic carbocycles. The van der Waals surface area contributed by atoms with E-state index in [0.29, 0.717) is 12.1 Å². The van der Waals surface area contributed by atoms with Crippen molar-refractivity contribution < 1.29 is 19.1 Å². The molecule has 7 nitrogen and oxygen atoms in total. The Hall–Kier alpha value is -2.83. The van der Waals surface area contributed by atoms with Crippen molar-refractivity contribution in [2.75, 3.05) is 19.6 Å². The Balaban J connectivity index is 3.09. The zero-order chi connectivity index (χ0) is 23.4. The van der Waals surface area contributed by atoms with Crippen LogP contribution in [0.2, 0.25) is 0 Å². The summed E-state index contributed by atoms with van der Waals surface area (Å²) in [6.45, 7) is 13.5. The Morgan fingerprint density at radius 2 is 1.77 bits per heavy atom. The standard InChI is InChI=1S/C24H37N3O4/c1-7-10-15-25-22(29)21(19-13-11-18(9-3)12-14-19)27(16-8-2)20(28)17-26-23(30)31-24(4,5)6/h8,11-14,21H,2,7,9-10,15-17H2,1,3-6H3,(H,25,29)(H,26,30). The highest BCUT2D eigenvalue weighted by molar-refractivity contribution is 5.90. The number of hydrogen-bond donors (Lipinski definition) is 2. The lowest BCUT2D eigenvalue weighted by Crippen LogP contribution is -2.48. The zero-order valence-electron chi connectivity index (χ0n) is 19.5. The highest BCUT2D eigenvalue weighted by Crippen LogP contribution is 2.22. The number of unbranched alkanes of at least 4 members (excludes halogenated alkanes) is 1. The molecule has 0 saturated heterocycles. The summed E-state index contributed by atoms with van der Waals surface area (Å²) in [7, 11) is 0. The molecule has 0 fully saturated rings. The van der Waals surface area contributed by atoms with Crippen LogP contribution >= 0.6 is 0 Å². The van der Waals surface area contributed by atoms with Gasteiger partial charge < -0.3 is 20.3 Å². The average molecular weight is 432 g/mol. The summed E-state index contributed by atoms with van der Waals surface area (Å²) >= 11 is 0. The lowest BCUT2D eigenvalue weighted by molar-refractivity contribution is -0.139. The van der Waals surface area contributed by atoms with Crippen LogP contribution in [0.5, 0.6) is 0 Å². The third-order valence-corrected chi connectivity index (χ3v) is 4.52. The van der Waals surface area contributed by atoms with Gasteiger partial charge in [0.05, 0.1) is 0 Å². The maximum Gasteiger partial charge on any atom is 0.408 e. The van der Waals surface area contributed by atoms with E-state index in [2.05, 4.69) is 24.1 Å². The number of ether oxygens (including phenoxy) is 1. The zero-order valence-corrected chi connectivity index (χ0v) is 19.5. The van der Waals surface area contributed by atoms with E-state index in [1.54, 1.807) is 26.8 Å². The summed E-state index contributed by atoms with van der Waals surface area (Å²) in [4.78, 5) is 39.5. The highest BCUT2D eigenvalue weighted by Gasteiger charge is 2.31. The molecular formula is C24H37N3O4. The Morgan fingerprint density at radius 1 is 1.13 bits per heavy atom. The number of carbonyl (C=O) groups excluding carboxylic acids is 3. The Labute approximate surface area is 186 Å². The molecule has 172 valence electrons. The molecule has 0 aliphatic rings. The van der Waals surface area contributed by atoms with Gasteiger partial charge in [0.2, 0.25) is 11.8 Å². The van der Waals surface area contributed by atoms with Gasteiger partial charge in [-0.3, -0.25) is 9.59 Å². The fourth-order valence-corrected chi connectivity index (χ4v) is 2.95. The van der Waals surface area contributed by atoms with Crippen LogP contribution in [0.3, 0.4) is 0 Å². The number of nitrogens with one attached hydrogen (secondary N) is 2. The van der Waals surface area contributed by atoms with E-state index in [1.807, 2.05) is 31.2 Å². The highest BCUT2D eigenvalue weighted by atomic mass is 16.6. The summed E-state index contributed by atoms with van der Waals surface area (Å²) in [6, 6.07) is 6.82. The molecule has 1 atom stereocenters. The fourth-order valence-electron chi connectivity index (χ4n) is 2.95. The summed E-state index contributed by atoms with van der Waals surface area (Å²) in [6.07, 6.45) is 3.56. The first kappa shape index (κ1) is 26.2. The molecule has 0 heterocycles. The largest absolute Gasteiger partial charge is 0.444 e. The Morgan fingerprint density at radius 3 is 2.29 bits per heavy atom. The van der Waals surface area contributed by atoms with Crippen LogP contribution in [-0.2, 0) is 20.7 Å². The van der Waals surface area contributed by atoms with Crippen molar-refractivity contribution in [2.24, 2.45) is 0 Å². The average Bonchev–Trinajstić information content (AvgIpc) is 2.71. The SMILES string of the molecule is C=CCN(C(=O)CNC(=O)OC(C)(C)C)C(C(=O)NCCCC)c1ccc(CC)cc1. The predicted octanol–water partition coefficient (Wildman–Crippen LogP) is 3.75. The van der Waals surface area contributed by atoms with Crippen LogP contribution in [0.25, 0.3) is 0 Å². The molecule has 2 N–H and O–H groups in total. The molecule has 1 unspecified atom stereocenters. The van der Waals surface area contributed by atoms with Crippen molar-refractivity contribution >= 4 is 17.9 Å². The van der Waals surface area contributed by atoms with Gasteiger partial charge in [0.1, 0.15) is 18.2 Å². The van der Waals surface area contributed by atoms with Gasteiger partial charge in [0, 0.05) is 13.1 Å². The van der Waals surface area contributed by atoms with Gasteiger partial charge in [-0.05, 0) is 44.7 Å². The molecule has 31 heavy (non-hydrogen) atoms. The van der Waals surface area contributed by atoms with Gasteiger partial charge in [-0.1, -0.05) is 50.6 Å². The molecule has 3 amide bonds. The molecule has 0 aliphatic heterocycles. The quantitative estimate of drug-likeness (QED) is 0.413. The van der Waals surface area contributed by atoms with Gasteiger partial charge in [-0.15, -0.1) is 6.58 Å². The summed E-state index contributed by atoms with van der Waals surface area (Å²) in [5, 5.41) is 5.40. The number of benzene rings is 1. The Bertz CT molecular complexity index is 738. The number of nitrogens with zero attached hydrogens (tertiary/aromatic N) is 1. The molecule has 0 radical (unpaired) electrons. The number of aryl methyl sites for hydroxylation is 1. The van der Waals surface area contributed by atoms with Crippen molar-refractivity contribution in [1.29, 1.82) is 0 Å². The number of amides is 3. The van der Waals surface area contributed by atoms with E-state index < -0.39 is 23.6 Å². The fraction of sp³-hybridized carbons (Fsp3) is 0.542. The summed E-state index contributed by atoms with van der Waals surface area (Å²) in [5.41, 5.74) is 1.18. The van der Waals surface area contributed by atoms with Gasteiger partial charge in [0.15, 0.2) is 0 Å². The second kappa shape index (κ2) is 12.8. The molecule has 7 heteroatoms. The lowest BCUT2D eigenvalue weighted by atomic mass is 10.0. The van der Waals surface area contributed by atoms with Crippen LogP contribution in [0.1, 0.15) is 64.6 Å². The third-order valence-electron chi connectivity index (χ3n) is 4.52. The smallest absolute Gasteiger partial charge is 0.408 e. The number of alkyl carbamates (subject to hydrolysis) is 1. The minimum atomic E-state index is -0.825. The first-order valence-electron chi connectivity index (χ1n) is 10.9. The van der Waals surface area contributed by atoms with Crippen molar-refractivity contribution in [1.82, 2.24) is 15.5 Å². The lowest BCUT2D eigenvalue weighted by Gasteiger charge is -2.31. The first-order chi connectivity index (χ1) is 14.6. The number of carbonyl (C=O) groups is 3. The first-order valence-corrected chi connectivity index (χ1v) is 10.9. The minimum Gasteiger partial charge on any atom is -0.444 e. The number of hydrogen-bond acceptors (Lipinski definition) is 4. The van der Waals surface area contributed by atoms with E-state index in [4.69, 9.17) is 4.74 Å². The third kappa shape index (κ3) is 9.24. The van der Waals surface area contributed by atoms with Crippen molar-refractivity contribution in [3.63, 3.8) is 0 Å². The minimum absolute atomic E-state index is 0.163. The van der Waals surface area contributed by atoms with Crippen molar-refractivity contribution in [3.8, 4) is 0 Å². The van der Waals surface area contributed by atoms with Gasteiger partial charge >= 0.3 is 6.09 Å². The van der Waals surface area contributed by atoms with E-state index in [1.165, 1.54) is 4.90 Å². The molecule has 1 aromatic rings. The van der Waals surface area contributed by atoms with Crippen LogP contribution in [-0.4, -0.2) is 48.0 Å². The second-order valence-electron chi connectivity index (χ2n) is 8.33. The summed E-state index contributed by atoms with van der Waals surface area (Å²) < 4.78 is 5.19. The second-order valence-corrected chi connectivity index (χ2v) is 8.33.